The highest BCUT2D eigenvalue weighted by Crippen LogP contribution is 2.11. The van der Waals surface area contributed by atoms with Gasteiger partial charge in [0, 0.05) is 12.2 Å². The number of nitrogens with two attached hydrogens (primary N) is 3. The van der Waals surface area contributed by atoms with Gasteiger partial charge >= 0.3 is 5.97 Å². The molecule has 0 saturated heterocycles. The Morgan fingerprint density at radius 1 is 0.833 bits per heavy atom. The van der Waals surface area contributed by atoms with Crippen molar-refractivity contribution in [1.82, 2.24) is 16.0 Å². The molecule has 0 spiro atoms. The maximum atomic E-state index is 12.7. The van der Waals surface area contributed by atoms with Gasteiger partial charge in [-0.05, 0) is 30.5 Å². The number of hydrogen-bond donors (Lipinski definition) is 9. The fourth-order valence-corrected chi connectivity index (χ4v) is 3.21. The number of carboxylic acid groups (broad SMARTS) is 1. The van der Waals surface area contributed by atoms with E-state index in [1.165, 1.54) is 12.1 Å². The molecule has 4 atom stereocenters. The van der Waals surface area contributed by atoms with Gasteiger partial charge < -0.3 is 43.4 Å². The van der Waals surface area contributed by atoms with E-state index in [1.807, 2.05) is 0 Å². The summed E-state index contributed by atoms with van der Waals surface area (Å²) in [4.78, 5) is 71.5. The van der Waals surface area contributed by atoms with Crippen molar-refractivity contribution in [2.45, 2.75) is 49.9 Å². The summed E-state index contributed by atoms with van der Waals surface area (Å²) in [7, 11) is 0. The number of hydrogen-bond acceptors (Lipinski definition) is 9. The smallest absolute Gasteiger partial charge is 0.326 e. The van der Waals surface area contributed by atoms with Gasteiger partial charge in [-0.15, -0.1) is 0 Å². The van der Waals surface area contributed by atoms with E-state index in [-0.39, 0.29) is 30.8 Å². The Morgan fingerprint density at radius 3 is 1.86 bits per heavy atom. The van der Waals surface area contributed by atoms with Crippen LogP contribution in [-0.2, 0) is 35.2 Å². The van der Waals surface area contributed by atoms with Gasteiger partial charge in [-0.1, -0.05) is 12.1 Å². The molecule has 0 radical (unpaired) electrons. The number of aliphatic carboxylic acids is 1. The zero-order valence-electron chi connectivity index (χ0n) is 19.2. The van der Waals surface area contributed by atoms with Gasteiger partial charge in [-0.3, -0.25) is 24.0 Å². The zero-order chi connectivity index (χ0) is 27.4. The fourth-order valence-electron chi connectivity index (χ4n) is 2.95. The van der Waals surface area contributed by atoms with Gasteiger partial charge in [0.25, 0.3) is 0 Å². The second kappa shape index (κ2) is 14.5. The first-order valence-electron chi connectivity index (χ1n) is 10.7. The van der Waals surface area contributed by atoms with Crippen LogP contribution in [0.25, 0.3) is 0 Å². The molecular formula is C21H30N6O8S. The molecule has 1 aromatic rings. The van der Waals surface area contributed by atoms with Crippen LogP contribution in [0, 0.1) is 0 Å². The highest BCUT2D eigenvalue weighted by molar-refractivity contribution is 7.80. The van der Waals surface area contributed by atoms with Crippen molar-refractivity contribution in [3.05, 3.63) is 29.8 Å². The topological polar surface area (TPSA) is 257 Å². The minimum atomic E-state index is -1.49. The van der Waals surface area contributed by atoms with Gasteiger partial charge in [-0.2, -0.15) is 12.6 Å². The standard InChI is InChI=1S/C21H30N6O8S/c22-12(7-10-1-3-11(28)4-2-10)18(31)26-14(8-17(24)30)19(32)27-15(9-36)20(33)25-13(21(34)35)5-6-16(23)29/h1-4,12-15,28,36H,5-9,22H2,(H2,23,29)(H2,24,30)(H,25,33)(H,26,31)(H,27,32)(H,34,35). The number of phenols is 1. The van der Waals surface area contributed by atoms with Crippen molar-refractivity contribution in [2.24, 2.45) is 17.2 Å². The minimum absolute atomic E-state index is 0.0280. The number of benzene rings is 1. The van der Waals surface area contributed by atoms with Crippen molar-refractivity contribution >= 4 is 48.1 Å². The Bertz CT molecular complexity index is 974. The SMILES string of the molecule is NC(=O)CCC(NC(=O)C(CS)NC(=O)C(CC(N)=O)NC(=O)C(N)Cc1ccc(O)cc1)C(=O)O. The molecule has 4 unspecified atom stereocenters. The lowest BCUT2D eigenvalue weighted by atomic mass is 10.0. The molecule has 198 valence electrons. The number of thiol groups is 1. The van der Waals surface area contributed by atoms with Crippen LogP contribution in [0.1, 0.15) is 24.8 Å². The van der Waals surface area contributed by atoms with Crippen LogP contribution in [0.15, 0.2) is 24.3 Å². The number of carboxylic acids is 1. The summed E-state index contributed by atoms with van der Waals surface area (Å²) in [6.07, 6.45) is -1.13. The molecule has 1 rings (SSSR count). The Labute approximate surface area is 211 Å². The average Bonchev–Trinajstić information content (AvgIpc) is 2.80. The van der Waals surface area contributed by atoms with Gasteiger partial charge in [0.2, 0.25) is 29.5 Å². The van der Waals surface area contributed by atoms with Crippen LogP contribution in [-0.4, -0.2) is 75.6 Å². The first-order valence-corrected chi connectivity index (χ1v) is 11.3. The van der Waals surface area contributed by atoms with Crippen molar-refractivity contribution in [3.63, 3.8) is 0 Å². The summed E-state index contributed by atoms with van der Waals surface area (Å²) in [6, 6.07) is 0.519. The van der Waals surface area contributed by atoms with Crippen molar-refractivity contribution in [2.75, 3.05) is 5.75 Å². The lowest BCUT2D eigenvalue weighted by molar-refractivity contribution is -0.142. The monoisotopic (exact) mass is 526 g/mol. The van der Waals surface area contributed by atoms with Crippen LogP contribution in [0.5, 0.6) is 5.75 Å². The van der Waals surface area contributed by atoms with Crippen molar-refractivity contribution in [3.8, 4) is 5.75 Å². The molecule has 0 aliphatic carbocycles. The van der Waals surface area contributed by atoms with E-state index in [1.54, 1.807) is 12.1 Å². The van der Waals surface area contributed by atoms with E-state index in [2.05, 4.69) is 28.6 Å². The number of phenolic OH excluding ortho intramolecular Hbond substituents is 1. The lowest BCUT2D eigenvalue weighted by Gasteiger charge is -2.24. The molecule has 0 saturated carbocycles. The van der Waals surface area contributed by atoms with Crippen LogP contribution in [0.3, 0.4) is 0 Å². The average molecular weight is 527 g/mol. The summed E-state index contributed by atoms with van der Waals surface area (Å²) in [5.41, 5.74) is 16.7. The molecule has 0 aromatic heterocycles. The summed E-state index contributed by atoms with van der Waals surface area (Å²) < 4.78 is 0. The van der Waals surface area contributed by atoms with E-state index in [4.69, 9.17) is 17.2 Å². The first-order chi connectivity index (χ1) is 16.8. The molecule has 14 nitrogen and oxygen atoms in total. The summed E-state index contributed by atoms with van der Waals surface area (Å²) in [5, 5.41) is 25.3. The number of amides is 5. The second-order valence-electron chi connectivity index (χ2n) is 7.86. The van der Waals surface area contributed by atoms with Crippen LogP contribution in [0.4, 0.5) is 0 Å². The van der Waals surface area contributed by atoms with Crippen molar-refractivity contribution in [1.29, 1.82) is 0 Å². The number of carbonyl (C=O) groups is 6. The van der Waals surface area contributed by atoms with E-state index in [0.717, 1.165) is 0 Å². The Kier molecular flexibility index (Phi) is 12.2. The molecular weight excluding hydrogens is 496 g/mol. The Hall–Kier alpha value is -3.85. The molecule has 0 bridgehead atoms. The molecule has 36 heavy (non-hydrogen) atoms. The first kappa shape index (κ1) is 30.2. The van der Waals surface area contributed by atoms with E-state index in [9.17, 15) is 39.0 Å². The van der Waals surface area contributed by atoms with Gasteiger partial charge in [-0.25, -0.2) is 4.79 Å². The summed E-state index contributed by atoms with van der Waals surface area (Å²) in [5.74, 6) is -6.02. The predicted molar refractivity (Wildman–Crippen MR) is 129 cm³/mol. The predicted octanol–water partition coefficient (Wildman–Crippen LogP) is -3.13. The normalized spacial score (nSPS) is 13.9. The van der Waals surface area contributed by atoms with E-state index >= 15 is 0 Å². The largest absolute Gasteiger partial charge is 0.508 e. The second-order valence-corrected chi connectivity index (χ2v) is 8.22. The maximum Gasteiger partial charge on any atom is 0.326 e. The van der Waals surface area contributed by atoms with Crippen molar-refractivity contribution < 1.29 is 39.0 Å². The molecule has 15 heteroatoms. The number of primary amides is 2. The third-order valence-corrected chi connectivity index (χ3v) is 5.24. The molecule has 0 fully saturated rings. The summed E-state index contributed by atoms with van der Waals surface area (Å²) in [6.45, 7) is 0. The minimum Gasteiger partial charge on any atom is -0.508 e. The molecule has 11 N–H and O–H groups in total. The summed E-state index contributed by atoms with van der Waals surface area (Å²) >= 11 is 3.98. The van der Waals surface area contributed by atoms with Crippen LogP contribution >= 0.6 is 12.6 Å². The fraction of sp³-hybridized carbons (Fsp3) is 0.429. The maximum absolute atomic E-state index is 12.7. The number of rotatable bonds is 15. The van der Waals surface area contributed by atoms with Gasteiger partial charge in [0.1, 0.15) is 23.9 Å². The number of nitrogens with one attached hydrogen (secondary N) is 3. The Balaban J connectivity index is 2.85. The van der Waals surface area contributed by atoms with E-state index < -0.39 is 66.1 Å². The molecule has 0 aliphatic rings. The quantitative estimate of drug-likeness (QED) is 0.105. The molecule has 5 amide bonds. The zero-order valence-corrected chi connectivity index (χ0v) is 20.1. The third-order valence-electron chi connectivity index (χ3n) is 4.88. The number of carbonyl (C=O) groups excluding carboxylic acids is 5. The molecule has 0 aliphatic heterocycles. The molecule has 1 aromatic carbocycles. The molecule has 0 heterocycles. The van der Waals surface area contributed by atoms with Gasteiger partial charge in [0.05, 0.1) is 12.5 Å². The lowest BCUT2D eigenvalue weighted by Crippen LogP contribution is -2.58. The van der Waals surface area contributed by atoms with E-state index in [0.29, 0.717) is 5.56 Å². The van der Waals surface area contributed by atoms with Gasteiger partial charge in [0.15, 0.2) is 0 Å². The van der Waals surface area contributed by atoms with Crippen LogP contribution in [0.2, 0.25) is 0 Å². The van der Waals surface area contributed by atoms with Crippen LogP contribution < -0.4 is 33.2 Å². The third kappa shape index (κ3) is 10.6. The highest BCUT2D eigenvalue weighted by atomic mass is 32.1. The number of aromatic hydroxyl groups is 1. The highest BCUT2D eigenvalue weighted by Gasteiger charge is 2.30. The Morgan fingerprint density at radius 2 is 1.36 bits per heavy atom.